The molecule has 0 amide bonds. The number of rotatable bonds is 4. The van der Waals surface area contributed by atoms with E-state index in [2.05, 4.69) is 27.3 Å². The molecule has 6 nitrogen and oxygen atoms in total. The van der Waals surface area contributed by atoms with Gasteiger partial charge in [0, 0.05) is 13.1 Å². The number of aromatic nitrogens is 4. The lowest BCUT2D eigenvalue weighted by Crippen LogP contribution is -2.40. The first-order valence-electron chi connectivity index (χ1n) is 8.22. The van der Waals surface area contributed by atoms with Crippen LogP contribution in [0, 0.1) is 5.82 Å². The SMILES string of the molecule is CC(c1nnnn1C1CC1)N1CCOC(c2ccc(F)c(Cl)c2)C1. The molecule has 0 radical (unpaired) electrons. The van der Waals surface area contributed by atoms with Gasteiger partial charge in [-0.25, -0.2) is 9.07 Å². The molecule has 128 valence electrons. The van der Waals surface area contributed by atoms with Gasteiger partial charge in [-0.3, -0.25) is 4.90 Å². The number of benzene rings is 1. The van der Waals surface area contributed by atoms with Gasteiger partial charge in [-0.05, 0) is 47.9 Å². The summed E-state index contributed by atoms with van der Waals surface area (Å²) in [7, 11) is 0. The van der Waals surface area contributed by atoms with Gasteiger partial charge in [0.1, 0.15) is 5.82 Å². The lowest BCUT2D eigenvalue weighted by Gasteiger charge is -2.36. The molecule has 0 spiro atoms. The quantitative estimate of drug-likeness (QED) is 0.847. The number of hydrogen-bond acceptors (Lipinski definition) is 5. The Morgan fingerprint density at radius 3 is 2.96 bits per heavy atom. The second-order valence-corrected chi connectivity index (χ2v) is 6.82. The zero-order valence-corrected chi connectivity index (χ0v) is 14.2. The highest BCUT2D eigenvalue weighted by Gasteiger charge is 2.33. The third-order valence-electron chi connectivity index (χ3n) is 4.75. The van der Waals surface area contributed by atoms with Crippen molar-refractivity contribution in [3.05, 3.63) is 40.4 Å². The van der Waals surface area contributed by atoms with Crippen LogP contribution in [-0.4, -0.2) is 44.8 Å². The van der Waals surface area contributed by atoms with Crippen LogP contribution >= 0.6 is 11.6 Å². The number of halogens is 2. The molecule has 24 heavy (non-hydrogen) atoms. The van der Waals surface area contributed by atoms with Gasteiger partial charge < -0.3 is 4.74 Å². The summed E-state index contributed by atoms with van der Waals surface area (Å²) in [6, 6.07) is 5.31. The molecule has 2 atom stereocenters. The second kappa shape index (κ2) is 6.38. The molecule has 1 aliphatic heterocycles. The van der Waals surface area contributed by atoms with Crippen molar-refractivity contribution in [3.8, 4) is 0 Å². The van der Waals surface area contributed by atoms with E-state index in [0.717, 1.165) is 30.8 Å². The molecule has 0 N–H and O–H groups in total. The predicted molar refractivity (Wildman–Crippen MR) is 86.2 cm³/mol. The predicted octanol–water partition coefficient (Wildman–Crippen LogP) is 2.94. The van der Waals surface area contributed by atoms with Crippen LogP contribution in [0.4, 0.5) is 4.39 Å². The Bertz CT molecular complexity index is 735. The molecular formula is C16H19ClFN5O. The Balaban J connectivity index is 1.51. The zero-order chi connectivity index (χ0) is 16.7. The molecule has 2 aliphatic rings. The van der Waals surface area contributed by atoms with E-state index in [9.17, 15) is 4.39 Å². The summed E-state index contributed by atoms with van der Waals surface area (Å²) >= 11 is 5.90. The monoisotopic (exact) mass is 351 g/mol. The van der Waals surface area contributed by atoms with E-state index in [1.807, 2.05) is 4.68 Å². The van der Waals surface area contributed by atoms with Crippen LogP contribution in [0.3, 0.4) is 0 Å². The van der Waals surface area contributed by atoms with Crippen molar-refractivity contribution in [2.45, 2.75) is 38.0 Å². The topological polar surface area (TPSA) is 56.1 Å². The maximum atomic E-state index is 13.4. The Labute approximate surface area is 144 Å². The lowest BCUT2D eigenvalue weighted by atomic mass is 10.1. The van der Waals surface area contributed by atoms with Crippen molar-refractivity contribution in [1.29, 1.82) is 0 Å². The van der Waals surface area contributed by atoms with Gasteiger partial charge in [0.05, 0.1) is 29.8 Å². The van der Waals surface area contributed by atoms with E-state index >= 15 is 0 Å². The number of tetrazole rings is 1. The average molecular weight is 352 g/mol. The van der Waals surface area contributed by atoms with E-state index in [1.54, 1.807) is 12.1 Å². The van der Waals surface area contributed by atoms with Crippen molar-refractivity contribution in [2.75, 3.05) is 19.7 Å². The molecular weight excluding hydrogens is 333 g/mol. The average Bonchev–Trinajstić information content (AvgIpc) is 3.33. The van der Waals surface area contributed by atoms with Gasteiger partial charge in [-0.1, -0.05) is 17.7 Å². The summed E-state index contributed by atoms with van der Waals surface area (Å²) < 4.78 is 21.2. The molecule has 1 aromatic carbocycles. The fourth-order valence-corrected chi connectivity index (χ4v) is 3.34. The van der Waals surface area contributed by atoms with Gasteiger partial charge in [-0.15, -0.1) is 5.10 Å². The molecule has 1 saturated heterocycles. The van der Waals surface area contributed by atoms with Crippen molar-refractivity contribution in [1.82, 2.24) is 25.1 Å². The normalized spacial score (nSPS) is 23.4. The smallest absolute Gasteiger partial charge is 0.168 e. The van der Waals surface area contributed by atoms with Crippen LogP contribution < -0.4 is 0 Å². The maximum Gasteiger partial charge on any atom is 0.168 e. The first kappa shape index (κ1) is 15.9. The number of hydrogen-bond donors (Lipinski definition) is 0. The van der Waals surface area contributed by atoms with Crippen molar-refractivity contribution < 1.29 is 9.13 Å². The van der Waals surface area contributed by atoms with Crippen LogP contribution in [0.25, 0.3) is 0 Å². The first-order valence-corrected chi connectivity index (χ1v) is 8.59. The minimum atomic E-state index is -0.412. The lowest BCUT2D eigenvalue weighted by molar-refractivity contribution is -0.0448. The Morgan fingerprint density at radius 2 is 2.21 bits per heavy atom. The molecule has 2 heterocycles. The summed E-state index contributed by atoms with van der Waals surface area (Å²) in [6.07, 6.45) is 2.15. The molecule has 4 rings (SSSR count). The number of morpholine rings is 1. The molecule has 1 aromatic heterocycles. The molecule has 2 fully saturated rings. The van der Waals surface area contributed by atoms with Gasteiger partial charge in [0.25, 0.3) is 0 Å². The standard InChI is InChI=1S/C16H19ClFN5O/c1-10(16-19-20-21-23(16)12-3-4-12)22-6-7-24-15(9-22)11-2-5-14(18)13(17)8-11/h2,5,8,10,12,15H,3-4,6-7,9H2,1H3. The maximum absolute atomic E-state index is 13.4. The summed E-state index contributed by atoms with van der Waals surface area (Å²) in [5.41, 5.74) is 0.889. The van der Waals surface area contributed by atoms with Crippen LogP contribution in [0.5, 0.6) is 0 Å². The molecule has 1 saturated carbocycles. The largest absolute Gasteiger partial charge is 0.371 e. The third kappa shape index (κ3) is 3.03. The van der Waals surface area contributed by atoms with Gasteiger partial charge >= 0.3 is 0 Å². The van der Waals surface area contributed by atoms with Crippen LogP contribution in [-0.2, 0) is 4.74 Å². The minimum absolute atomic E-state index is 0.0999. The third-order valence-corrected chi connectivity index (χ3v) is 5.04. The molecule has 1 aliphatic carbocycles. The molecule has 0 bridgehead atoms. The summed E-state index contributed by atoms with van der Waals surface area (Å²) in [6.45, 7) is 4.23. The minimum Gasteiger partial charge on any atom is -0.371 e. The molecule has 2 unspecified atom stereocenters. The van der Waals surface area contributed by atoms with E-state index in [1.165, 1.54) is 6.07 Å². The van der Waals surface area contributed by atoms with Gasteiger partial charge in [0.2, 0.25) is 0 Å². The van der Waals surface area contributed by atoms with Crippen molar-refractivity contribution in [2.24, 2.45) is 0 Å². The number of ether oxygens (including phenoxy) is 1. The molecule has 2 aromatic rings. The first-order chi connectivity index (χ1) is 11.6. The highest BCUT2D eigenvalue weighted by Crippen LogP contribution is 2.37. The molecule has 8 heteroatoms. The van der Waals surface area contributed by atoms with Crippen LogP contribution in [0.2, 0.25) is 5.02 Å². The zero-order valence-electron chi connectivity index (χ0n) is 13.4. The number of nitrogens with zero attached hydrogens (tertiary/aromatic N) is 5. The van der Waals surface area contributed by atoms with E-state index < -0.39 is 5.82 Å². The summed E-state index contributed by atoms with van der Waals surface area (Å²) in [5, 5.41) is 12.3. The summed E-state index contributed by atoms with van der Waals surface area (Å²) in [5.74, 6) is 0.486. The highest BCUT2D eigenvalue weighted by molar-refractivity contribution is 6.30. The van der Waals surface area contributed by atoms with Crippen LogP contribution in [0.1, 0.15) is 49.3 Å². The van der Waals surface area contributed by atoms with Crippen molar-refractivity contribution >= 4 is 11.6 Å². The van der Waals surface area contributed by atoms with E-state index in [-0.39, 0.29) is 17.2 Å². The fourth-order valence-electron chi connectivity index (χ4n) is 3.15. The van der Waals surface area contributed by atoms with E-state index in [4.69, 9.17) is 16.3 Å². The Morgan fingerprint density at radius 1 is 1.38 bits per heavy atom. The second-order valence-electron chi connectivity index (χ2n) is 6.42. The summed E-state index contributed by atoms with van der Waals surface area (Å²) in [4.78, 5) is 2.30. The highest BCUT2D eigenvalue weighted by atomic mass is 35.5. The van der Waals surface area contributed by atoms with Gasteiger partial charge in [0.15, 0.2) is 5.82 Å². The van der Waals surface area contributed by atoms with E-state index in [0.29, 0.717) is 19.2 Å². The Kier molecular flexibility index (Phi) is 4.24. The Hall–Kier alpha value is -1.57. The van der Waals surface area contributed by atoms with Gasteiger partial charge in [-0.2, -0.15) is 0 Å². The van der Waals surface area contributed by atoms with Crippen LogP contribution in [0.15, 0.2) is 18.2 Å². The fraction of sp³-hybridized carbons (Fsp3) is 0.562. The van der Waals surface area contributed by atoms with Crippen molar-refractivity contribution in [3.63, 3.8) is 0 Å².